The van der Waals surface area contributed by atoms with E-state index in [9.17, 15) is 8.42 Å². The number of nitrogens with zero attached hydrogens (tertiary/aromatic N) is 1. The molecule has 2 heterocycles. The van der Waals surface area contributed by atoms with Gasteiger partial charge in [0.2, 0.25) is 10.0 Å². The quantitative estimate of drug-likeness (QED) is 0.914. The van der Waals surface area contributed by atoms with Gasteiger partial charge >= 0.3 is 0 Å². The Morgan fingerprint density at radius 2 is 1.83 bits per heavy atom. The summed E-state index contributed by atoms with van der Waals surface area (Å²) in [5.41, 5.74) is 1.46. The molecule has 1 N–H and O–H groups in total. The average Bonchev–Trinajstić information content (AvgIpc) is 2.89. The molecule has 2 aliphatic rings. The van der Waals surface area contributed by atoms with Crippen LogP contribution in [0.4, 0.5) is 0 Å². The Hall–Kier alpha value is -1.11. The Labute approximate surface area is 139 Å². The van der Waals surface area contributed by atoms with Crippen molar-refractivity contribution < 1.29 is 13.2 Å². The monoisotopic (exact) mass is 338 g/mol. The Morgan fingerprint density at radius 3 is 2.48 bits per heavy atom. The molecule has 128 valence electrons. The van der Waals surface area contributed by atoms with Crippen molar-refractivity contribution in [1.29, 1.82) is 0 Å². The number of hydrogen-bond acceptors (Lipinski definition) is 4. The van der Waals surface area contributed by atoms with E-state index < -0.39 is 10.0 Å². The second-order valence-electron chi connectivity index (χ2n) is 6.71. The third-order valence-corrected chi connectivity index (χ3v) is 6.90. The van der Waals surface area contributed by atoms with E-state index in [0.29, 0.717) is 16.7 Å². The fraction of sp³-hybridized carbons (Fsp3) is 0.647. The lowest BCUT2D eigenvalue weighted by Crippen LogP contribution is -2.46. The highest BCUT2D eigenvalue weighted by atomic mass is 32.2. The number of benzene rings is 1. The van der Waals surface area contributed by atoms with Gasteiger partial charge in [-0.05, 0) is 62.9 Å². The van der Waals surface area contributed by atoms with E-state index in [4.69, 9.17) is 4.74 Å². The van der Waals surface area contributed by atoms with Crippen LogP contribution in [0.15, 0.2) is 17.0 Å². The van der Waals surface area contributed by atoms with Gasteiger partial charge in [0.1, 0.15) is 5.75 Å². The first kappa shape index (κ1) is 16.7. The molecule has 1 aromatic carbocycles. The van der Waals surface area contributed by atoms with Crippen LogP contribution in [0.5, 0.6) is 5.75 Å². The Kier molecular flexibility index (Phi) is 4.67. The maximum Gasteiger partial charge on any atom is 0.241 e. The molecule has 0 spiro atoms. The summed E-state index contributed by atoms with van der Waals surface area (Å²) in [6.45, 7) is 5.75. The fourth-order valence-electron chi connectivity index (χ4n) is 4.10. The zero-order valence-corrected chi connectivity index (χ0v) is 14.9. The minimum atomic E-state index is -3.51. The van der Waals surface area contributed by atoms with Crippen LogP contribution in [0.2, 0.25) is 0 Å². The van der Waals surface area contributed by atoms with E-state index in [2.05, 4.69) is 9.62 Å². The molecule has 0 unspecified atom stereocenters. The first-order valence-corrected chi connectivity index (χ1v) is 9.82. The Morgan fingerprint density at radius 1 is 1.13 bits per heavy atom. The van der Waals surface area contributed by atoms with Gasteiger partial charge in [-0.1, -0.05) is 6.42 Å². The molecule has 0 saturated carbocycles. The summed E-state index contributed by atoms with van der Waals surface area (Å²) in [6.07, 6.45) is 4.42. The van der Waals surface area contributed by atoms with Gasteiger partial charge in [-0.2, -0.15) is 0 Å². The van der Waals surface area contributed by atoms with Crippen molar-refractivity contribution >= 4 is 10.0 Å². The zero-order chi connectivity index (χ0) is 16.6. The van der Waals surface area contributed by atoms with Crippen LogP contribution in [0.1, 0.15) is 36.8 Å². The number of piperidine rings is 1. The number of rotatable bonds is 4. The number of fused-ring (bicyclic) bond motifs is 1. The molecule has 0 radical (unpaired) electrons. The smallest absolute Gasteiger partial charge is 0.241 e. The highest BCUT2D eigenvalue weighted by Gasteiger charge is 2.38. The minimum absolute atomic E-state index is 0.0289. The predicted octanol–water partition coefficient (Wildman–Crippen LogP) is 2.22. The molecule has 0 amide bonds. The van der Waals surface area contributed by atoms with Crippen LogP contribution in [-0.4, -0.2) is 45.6 Å². The maximum absolute atomic E-state index is 12.9. The molecule has 2 saturated heterocycles. The molecule has 2 atom stereocenters. The standard InChI is InChI=1S/C17H26N2O3S/c1-12-10-14(22-3)11-13(2)17(12)23(20,21)18-15-7-9-19-8-5-4-6-16(15)19/h10-11,15-16,18H,4-9H2,1-3H3/t15-,16-/m0/s1. The molecule has 3 rings (SSSR count). The van der Waals surface area contributed by atoms with E-state index in [0.717, 1.165) is 37.1 Å². The molecular formula is C17H26N2O3S. The minimum Gasteiger partial charge on any atom is -0.497 e. The molecular weight excluding hydrogens is 312 g/mol. The van der Waals surface area contributed by atoms with Gasteiger partial charge in [0.15, 0.2) is 0 Å². The van der Waals surface area contributed by atoms with E-state index in [1.165, 1.54) is 12.8 Å². The van der Waals surface area contributed by atoms with Crippen LogP contribution >= 0.6 is 0 Å². The number of ether oxygens (including phenoxy) is 1. The molecule has 2 aliphatic heterocycles. The second kappa shape index (κ2) is 6.42. The van der Waals surface area contributed by atoms with Crippen LogP contribution in [0.3, 0.4) is 0 Å². The highest BCUT2D eigenvalue weighted by Crippen LogP contribution is 2.30. The van der Waals surface area contributed by atoms with Gasteiger partial charge in [0.25, 0.3) is 0 Å². The van der Waals surface area contributed by atoms with Crippen molar-refractivity contribution in [3.8, 4) is 5.75 Å². The SMILES string of the molecule is COc1cc(C)c(S(=O)(=O)N[C@H]2CCN3CCCC[C@@H]23)c(C)c1. The van der Waals surface area contributed by atoms with E-state index in [1.807, 2.05) is 13.8 Å². The maximum atomic E-state index is 12.9. The summed E-state index contributed by atoms with van der Waals surface area (Å²) in [5, 5.41) is 0. The molecule has 0 bridgehead atoms. The summed E-state index contributed by atoms with van der Waals surface area (Å²) in [7, 11) is -1.92. The largest absolute Gasteiger partial charge is 0.497 e. The van der Waals surface area contributed by atoms with Gasteiger partial charge in [0.05, 0.1) is 12.0 Å². The average molecular weight is 338 g/mol. The summed E-state index contributed by atoms with van der Waals surface area (Å²) in [6, 6.07) is 3.95. The summed E-state index contributed by atoms with van der Waals surface area (Å²) in [4.78, 5) is 2.83. The molecule has 5 nitrogen and oxygen atoms in total. The van der Waals surface area contributed by atoms with Crippen molar-refractivity contribution in [2.75, 3.05) is 20.2 Å². The predicted molar refractivity (Wildman–Crippen MR) is 90.4 cm³/mol. The third kappa shape index (κ3) is 3.25. The molecule has 23 heavy (non-hydrogen) atoms. The first-order chi connectivity index (χ1) is 10.9. The van der Waals surface area contributed by atoms with Crippen molar-refractivity contribution in [2.45, 2.75) is 56.5 Å². The number of sulfonamides is 1. The lowest BCUT2D eigenvalue weighted by atomic mass is 10.00. The Bertz CT molecular complexity index is 664. The molecule has 2 fully saturated rings. The molecule has 1 aromatic rings. The van der Waals surface area contributed by atoms with Crippen molar-refractivity contribution in [2.24, 2.45) is 0 Å². The normalized spacial score (nSPS) is 25.3. The topological polar surface area (TPSA) is 58.6 Å². The van der Waals surface area contributed by atoms with E-state index in [-0.39, 0.29) is 6.04 Å². The van der Waals surface area contributed by atoms with E-state index in [1.54, 1.807) is 19.2 Å². The fourth-order valence-corrected chi connectivity index (χ4v) is 5.85. The van der Waals surface area contributed by atoms with Gasteiger partial charge in [0, 0.05) is 18.6 Å². The number of hydrogen-bond donors (Lipinski definition) is 1. The first-order valence-electron chi connectivity index (χ1n) is 8.34. The lowest BCUT2D eigenvalue weighted by molar-refractivity contribution is 0.186. The lowest BCUT2D eigenvalue weighted by Gasteiger charge is -2.32. The zero-order valence-electron chi connectivity index (χ0n) is 14.1. The highest BCUT2D eigenvalue weighted by molar-refractivity contribution is 7.89. The molecule has 0 aromatic heterocycles. The van der Waals surface area contributed by atoms with Crippen LogP contribution in [0, 0.1) is 13.8 Å². The van der Waals surface area contributed by atoms with Gasteiger partial charge in [-0.3, -0.25) is 4.90 Å². The van der Waals surface area contributed by atoms with Crippen LogP contribution in [-0.2, 0) is 10.0 Å². The van der Waals surface area contributed by atoms with Crippen LogP contribution < -0.4 is 9.46 Å². The number of nitrogens with one attached hydrogen (secondary N) is 1. The summed E-state index contributed by atoms with van der Waals surface area (Å²) >= 11 is 0. The van der Waals surface area contributed by atoms with Crippen LogP contribution in [0.25, 0.3) is 0 Å². The second-order valence-corrected chi connectivity index (χ2v) is 8.36. The van der Waals surface area contributed by atoms with Gasteiger partial charge in [-0.15, -0.1) is 0 Å². The molecule has 6 heteroatoms. The Balaban J connectivity index is 1.85. The summed E-state index contributed by atoms with van der Waals surface area (Å²) < 4.78 is 34.1. The molecule has 0 aliphatic carbocycles. The number of methoxy groups -OCH3 is 1. The van der Waals surface area contributed by atoms with Crippen molar-refractivity contribution in [3.63, 3.8) is 0 Å². The van der Waals surface area contributed by atoms with Gasteiger partial charge in [-0.25, -0.2) is 13.1 Å². The summed E-state index contributed by atoms with van der Waals surface area (Å²) in [5.74, 6) is 0.693. The van der Waals surface area contributed by atoms with Crippen molar-refractivity contribution in [1.82, 2.24) is 9.62 Å². The van der Waals surface area contributed by atoms with E-state index >= 15 is 0 Å². The number of aryl methyl sites for hydroxylation is 2. The third-order valence-electron chi connectivity index (χ3n) is 5.10. The van der Waals surface area contributed by atoms with Gasteiger partial charge < -0.3 is 4.74 Å². The van der Waals surface area contributed by atoms with Crippen molar-refractivity contribution in [3.05, 3.63) is 23.3 Å².